The number of aliphatic carboxylic acids is 1. The fourth-order valence-electron chi connectivity index (χ4n) is 1.96. The highest BCUT2D eigenvalue weighted by Gasteiger charge is 2.19. The summed E-state index contributed by atoms with van der Waals surface area (Å²) in [6.07, 6.45) is -0.237. The van der Waals surface area contributed by atoms with E-state index in [1.54, 1.807) is 31.4 Å². The number of aliphatic hydroxyl groups excluding tert-OH is 1. The lowest BCUT2D eigenvalue weighted by molar-refractivity contribution is -0.140. The molecule has 1 rings (SSSR count). The minimum atomic E-state index is -0.892. The second kappa shape index (κ2) is 7.87. The smallest absolute Gasteiger partial charge is 0.320 e. The van der Waals surface area contributed by atoms with Crippen molar-refractivity contribution in [3.05, 3.63) is 29.8 Å². The number of aliphatic hydroxyl groups is 1. The maximum Gasteiger partial charge on any atom is 0.320 e. The summed E-state index contributed by atoms with van der Waals surface area (Å²) in [5.41, 5.74) is 0.700. The van der Waals surface area contributed by atoms with Gasteiger partial charge in [0.05, 0.1) is 13.2 Å². The van der Waals surface area contributed by atoms with Crippen LogP contribution in [0.15, 0.2) is 24.3 Å². The normalized spacial score (nSPS) is 14.1. The van der Waals surface area contributed by atoms with Crippen molar-refractivity contribution in [2.75, 3.05) is 13.7 Å². The van der Waals surface area contributed by atoms with Crippen LogP contribution < -0.4 is 10.1 Å². The standard InChI is InChI=1S/C15H23NO4/c1-10(2)7-13(15(18)19)16-9-14(17)11-5-4-6-12(8-11)20-3/h4-6,8,10,13-14,16-17H,7,9H2,1-3H3,(H,18,19). The lowest BCUT2D eigenvalue weighted by Crippen LogP contribution is -2.40. The number of methoxy groups -OCH3 is 1. The van der Waals surface area contributed by atoms with Gasteiger partial charge < -0.3 is 20.3 Å². The zero-order valence-electron chi connectivity index (χ0n) is 12.2. The molecule has 2 atom stereocenters. The molecule has 0 saturated carbocycles. The number of nitrogens with one attached hydrogen (secondary N) is 1. The molecule has 112 valence electrons. The second-order valence-corrected chi connectivity index (χ2v) is 5.22. The van der Waals surface area contributed by atoms with Crippen molar-refractivity contribution in [1.82, 2.24) is 5.32 Å². The van der Waals surface area contributed by atoms with E-state index in [1.807, 2.05) is 13.8 Å². The van der Waals surface area contributed by atoms with Crippen LogP contribution >= 0.6 is 0 Å². The molecule has 1 aromatic carbocycles. The number of hydrogen-bond donors (Lipinski definition) is 3. The van der Waals surface area contributed by atoms with Crippen LogP contribution in [0.1, 0.15) is 31.9 Å². The summed E-state index contributed by atoms with van der Waals surface area (Å²) in [7, 11) is 1.56. The average Bonchev–Trinajstić information content (AvgIpc) is 2.42. The van der Waals surface area contributed by atoms with Crippen LogP contribution in [-0.4, -0.2) is 35.9 Å². The van der Waals surface area contributed by atoms with Gasteiger partial charge in [0, 0.05) is 6.54 Å². The second-order valence-electron chi connectivity index (χ2n) is 5.22. The van der Waals surface area contributed by atoms with Crippen molar-refractivity contribution in [2.24, 2.45) is 5.92 Å². The van der Waals surface area contributed by atoms with Crippen molar-refractivity contribution < 1.29 is 19.7 Å². The Morgan fingerprint density at radius 2 is 2.10 bits per heavy atom. The van der Waals surface area contributed by atoms with Crippen LogP contribution in [0.4, 0.5) is 0 Å². The molecule has 0 heterocycles. The molecule has 0 aromatic heterocycles. The Kier molecular flexibility index (Phi) is 6.48. The van der Waals surface area contributed by atoms with Gasteiger partial charge in [-0.25, -0.2) is 0 Å². The van der Waals surface area contributed by atoms with E-state index in [0.717, 1.165) is 0 Å². The van der Waals surface area contributed by atoms with Crippen molar-refractivity contribution in [1.29, 1.82) is 0 Å². The maximum atomic E-state index is 11.1. The summed E-state index contributed by atoms with van der Waals surface area (Å²) < 4.78 is 5.10. The van der Waals surface area contributed by atoms with Gasteiger partial charge in [-0.1, -0.05) is 26.0 Å². The van der Waals surface area contributed by atoms with E-state index in [1.165, 1.54) is 0 Å². The van der Waals surface area contributed by atoms with Gasteiger partial charge in [-0.3, -0.25) is 4.79 Å². The van der Waals surface area contributed by atoms with Gasteiger partial charge in [-0.05, 0) is 30.0 Å². The fourth-order valence-corrected chi connectivity index (χ4v) is 1.96. The zero-order valence-corrected chi connectivity index (χ0v) is 12.2. The summed E-state index contributed by atoms with van der Waals surface area (Å²) in [5.74, 6) is 0.0487. The van der Waals surface area contributed by atoms with Crippen LogP contribution in [0, 0.1) is 5.92 Å². The molecule has 20 heavy (non-hydrogen) atoms. The first-order valence-electron chi connectivity index (χ1n) is 6.72. The summed E-state index contributed by atoms with van der Waals surface area (Å²) >= 11 is 0. The minimum absolute atomic E-state index is 0.191. The van der Waals surface area contributed by atoms with E-state index < -0.39 is 18.1 Å². The van der Waals surface area contributed by atoms with Crippen molar-refractivity contribution in [3.8, 4) is 5.75 Å². The Morgan fingerprint density at radius 1 is 1.40 bits per heavy atom. The highest BCUT2D eigenvalue weighted by Crippen LogP contribution is 2.18. The number of carboxylic acid groups (broad SMARTS) is 1. The molecule has 0 spiro atoms. The molecule has 3 N–H and O–H groups in total. The van der Waals surface area contributed by atoms with Crippen LogP contribution in [-0.2, 0) is 4.79 Å². The number of carboxylic acids is 1. The molecule has 0 fully saturated rings. The molecule has 0 saturated heterocycles. The summed E-state index contributed by atoms with van der Waals surface area (Å²) in [4.78, 5) is 11.1. The first-order valence-corrected chi connectivity index (χ1v) is 6.72. The Bertz CT molecular complexity index is 434. The van der Waals surface area contributed by atoms with E-state index in [2.05, 4.69) is 5.32 Å². The largest absolute Gasteiger partial charge is 0.497 e. The van der Waals surface area contributed by atoms with Crippen molar-refractivity contribution >= 4 is 5.97 Å². The van der Waals surface area contributed by atoms with Gasteiger partial charge in [0.2, 0.25) is 0 Å². The van der Waals surface area contributed by atoms with Gasteiger partial charge in [-0.15, -0.1) is 0 Å². The van der Waals surface area contributed by atoms with Gasteiger partial charge in [-0.2, -0.15) is 0 Å². The molecule has 0 bridgehead atoms. The van der Waals surface area contributed by atoms with Gasteiger partial charge in [0.25, 0.3) is 0 Å². The first kappa shape index (κ1) is 16.5. The van der Waals surface area contributed by atoms with Crippen LogP contribution in [0.5, 0.6) is 5.75 Å². The topological polar surface area (TPSA) is 78.8 Å². The Labute approximate surface area is 119 Å². The number of hydrogen-bond acceptors (Lipinski definition) is 4. The maximum absolute atomic E-state index is 11.1. The molecule has 0 amide bonds. The predicted octanol–water partition coefficient (Wildman–Crippen LogP) is 1.82. The van der Waals surface area contributed by atoms with Crippen molar-refractivity contribution in [3.63, 3.8) is 0 Å². The van der Waals surface area contributed by atoms with Gasteiger partial charge >= 0.3 is 5.97 Å². The highest BCUT2D eigenvalue weighted by molar-refractivity contribution is 5.73. The van der Waals surface area contributed by atoms with E-state index >= 15 is 0 Å². The molecule has 0 aliphatic heterocycles. The van der Waals surface area contributed by atoms with Gasteiger partial charge in [0.1, 0.15) is 11.8 Å². The summed E-state index contributed by atoms with van der Waals surface area (Å²) in [5, 5.41) is 22.1. The molecule has 2 unspecified atom stereocenters. The van der Waals surface area contributed by atoms with Crippen molar-refractivity contribution in [2.45, 2.75) is 32.4 Å². The monoisotopic (exact) mass is 281 g/mol. The van der Waals surface area contributed by atoms with Crippen LogP contribution in [0.2, 0.25) is 0 Å². The Balaban J connectivity index is 2.60. The molecule has 0 aliphatic rings. The molecule has 1 aromatic rings. The van der Waals surface area contributed by atoms with E-state index in [-0.39, 0.29) is 12.5 Å². The zero-order chi connectivity index (χ0) is 15.1. The third kappa shape index (κ3) is 5.19. The van der Waals surface area contributed by atoms with E-state index in [0.29, 0.717) is 17.7 Å². The fraction of sp³-hybridized carbons (Fsp3) is 0.533. The third-order valence-electron chi connectivity index (χ3n) is 3.04. The van der Waals surface area contributed by atoms with E-state index in [9.17, 15) is 9.90 Å². The molecule has 5 heteroatoms. The van der Waals surface area contributed by atoms with E-state index in [4.69, 9.17) is 9.84 Å². The molecule has 0 radical (unpaired) electrons. The molecule has 0 aliphatic carbocycles. The summed E-state index contributed by atoms with van der Waals surface area (Å²) in [6, 6.07) is 6.47. The lowest BCUT2D eigenvalue weighted by atomic mass is 10.0. The quantitative estimate of drug-likeness (QED) is 0.677. The first-order chi connectivity index (χ1) is 9.43. The highest BCUT2D eigenvalue weighted by atomic mass is 16.5. The molecular formula is C15H23NO4. The number of benzene rings is 1. The Morgan fingerprint density at radius 3 is 2.65 bits per heavy atom. The average molecular weight is 281 g/mol. The minimum Gasteiger partial charge on any atom is -0.497 e. The lowest BCUT2D eigenvalue weighted by Gasteiger charge is -2.19. The van der Waals surface area contributed by atoms with Gasteiger partial charge in [0.15, 0.2) is 0 Å². The number of carbonyl (C=O) groups is 1. The molecule has 5 nitrogen and oxygen atoms in total. The number of ether oxygens (including phenoxy) is 1. The summed E-state index contributed by atoms with van der Waals surface area (Å²) in [6.45, 7) is 4.13. The predicted molar refractivity (Wildman–Crippen MR) is 76.8 cm³/mol. The molecular weight excluding hydrogens is 258 g/mol. The third-order valence-corrected chi connectivity index (χ3v) is 3.04. The Hall–Kier alpha value is -1.59. The van der Waals surface area contributed by atoms with Crippen LogP contribution in [0.25, 0.3) is 0 Å². The number of rotatable bonds is 8. The van der Waals surface area contributed by atoms with Crippen LogP contribution in [0.3, 0.4) is 0 Å². The SMILES string of the molecule is COc1cccc(C(O)CNC(CC(C)C)C(=O)O)c1.